The molecule has 1 atom stereocenters. The van der Waals surface area contributed by atoms with Crippen LogP contribution in [0, 0.1) is 5.92 Å². The van der Waals surface area contributed by atoms with E-state index in [-0.39, 0.29) is 5.92 Å². The lowest BCUT2D eigenvalue weighted by molar-refractivity contribution is -0.142. The molecule has 0 aromatic heterocycles. The molecule has 0 aromatic carbocycles. The summed E-state index contributed by atoms with van der Waals surface area (Å²) in [6.07, 6.45) is 29.8. The molecular formula is C28H56O3. The van der Waals surface area contributed by atoms with Crippen molar-refractivity contribution in [1.82, 2.24) is 0 Å². The summed E-state index contributed by atoms with van der Waals surface area (Å²) in [6.45, 7) is 2.60. The molecule has 0 radical (unpaired) electrons. The summed E-state index contributed by atoms with van der Waals surface area (Å²) in [5.74, 6) is -0.680. The Morgan fingerprint density at radius 3 is 1.10 bits per heavy atom. The van der Waals surface area contributed by atoms with Gasteiger partial charge in [-0.25, -0.2) is 0 Å². The molecule has 3 heteroatoms. The fraction of sp³-hybridized carbons (Fsp3) is 0.964. The first-order valence-corrected chi connectivity index (χ1v) is 14.1. The number of hydrogen-bond acceptors (Lipinski definition) is 2. The van der Waals surface area contributed by atoms with Crippen LogP contribution < -0.4 is 0 Å². The van der Waals surface area contributed by atoms with Crippen molar-refractivity contribution < 1.29 is 15.0 Å². The lowest BCUT2D eigenvalue weighted by Crippen LogP contribution is -2.13. The van der Waals surface area contributed by atoms with E-state index in [1.54, 1.807) is 0 Å². The summed E-state index contributed by atoms with van der Waals surface area (Å²) in [5, 5.41) is 18.2. The van der Waals surface area contributed by atoms with Crippen molar-refractivity contribution in [1.29, 1.82) is 0 Å². The fourth-order valence-corrected chi connectivity index (χ4v) is 4.54. The van der Waals surface area contributed by atoms with Crippen molar-refractivity contribution in [3.8, 4) is 0 Å². The van der Waals surface area contributed by atoms with Gasteiger partial charge in [-0.2, -0.15) is 0 Å². The van der Waals surface area contributed by atoms with Crippen LogP contribution in [-0.4, -0.2) is 22.8 Å². The van der Waals surface area contributed by atoms with Crippen LogP contribution >= 0.6 is 0 Å². The SMILES string of the molecule is CCCCCCCCCCC(CCCCCCCCCCCCCCCCO)C(=O)O. The van der Waals surface area contributed by atoms with E-state index in [2.05, 4.69) is 6.92 Å². The minimum Gasteiger partial charge on any atom is -0.481 e. The van der Waals surface area contributed by atoms with Crippen LogP contribution in [0.4, 0.5) is 0 Å². The van der Waals surface area contributed by atoms with Crippen LogP contribution in [0.5, 0.6) is 0 Å². The topological polar surface area (TPSA) is 57.5 Å². The molecule has 0 aromatic rings. The van der Waals surface area contributed by atoms with E-state index >= 15 is 0 Å². The molecule has 0 fully saturated rings. The normalized spacial score (nSPS) is 12.3. The third kappa shape index (κ3) is 23.9. The Morgan fingerprint density at radius 2 is 0.806 bits per heavy atom. The second-order valence-electron chi connectivity index (χ2n) is 9.76. The molecule has 0 amide bonds. The quantitative estimate of drug-likeness (QED) is 0.132. The van der Waals surface area contributed by atoms with Crippen LogP contribution in [0.2, 0.25) is 0 Å². The molecule has 0 bridgehead atoms. The second-order valence-corrected chi connectivity index (χ2v) is 9.76. The Bertz CT molecular complexity index is 356. The fourth-order valence-electron chi connectivity index (χ4n) is 4.54. The Kier molecular flexibility index (Phi) is 25.2. The average Bonchev–Trinajstić information content (AvgIpc) is 2.76. The number of aliphatic hydroxyl groups is 1. The van der Waals surface area contributed by atoms with Crippen LogP contribution in [0.15, 0.2) is 0 Å². The number of hydrogen-bond donors (Lipinski definition) is 2. The standard InChI is InChI=1S/C28H56O3/c1-2-3-4-5-6-15-18-21-24-27(28(30)31)25-22-19-16-13-11-9-7-8-10-12-14-17-20-23-26-29/h27,29H,2-26H2,1H3,(H,30,31). The van der Waals surface area contributed by atoms with E-state index in [1.165, 1.54) is 122 Å². The van der Waals surface area contributed by atoms with E-state index in [4.69, 9.17) is 5.11 Å². The third-order valence-corrected chi connectivity index (χ3v) is 6.72. The van der Waals surface area contributed by atoms with E-state index < -0.39 is 5.97 Å². The molecule has 3 nitrogen and oxygen atoms in total. The minimum absolute atomic E-state index is 0.108. The van der Waals surface area contributed by atoms with Crippen LogP contribution in [-0.2, 0) is 4.79 Å². The van der Waals surface area contributed by atoms with Crippen LogP contribution in [0.25, 0.3) is 0 Å². The number of aliphatic hydroxyl groups excluding tert-OH is 1. The Hall–Kier alpha value is -0.570. The lowest BCUT2D eigenvalue weighted by Gasteiger charge is -2.12. The predicted molar refractivity (Wildman–Crippen MR) is 135 cm³/mol. The molecule has 0 aliphatic carbocycles. The van der Waals surface area contributed by atoms with Gasteiger partial charge in [0.15, 0.2) is 0 Å². The van der Waals surface area contributed by atoms with Gasteiger partial charge in [0, 0.05) is 6.61 Å². The summed E-state index contributed by atoms with van der Waals surface area (Å²) in [7, 11) is 0. The van der Waals surface area contributed by atoms with Crippen molar-refractivity contribution in [2.45, 2.75) is 161 Å². The van der Waals surface area contributed by atoms with Gasteiger partial charge < -0.3 is 10.2 Å². The van der Waals surface area contributed by atoms with Gasteiger partial charge >= 0.3 is 5.97 Å². The molecule has 0 saturated carbocycles. The molecule has 0 rings (SSSR count). The zero-order valence-corrected chi connectivity index (χ0v) is 21.1. The minimum atomic E-state index is -0.573. The number of carboxylic acid groups (broad SMARTS) is 1. The van der Waals surface area contributed by atoms with E-state index in [9.17, 15) is 9.90 Å². The first-order valence-electron chi connectivity index (χ1n) is 14.1. The van der Waals surface area contributed by atoms with E-state index in [0.717, 1.165) is 32.1 Å². The molecular weight excluding hydrogens is 384 g/mol. The second kappa shape index (κ2) is 25.7. The molecule has 1 unspecified atom stereocenters. The van der Waals surface area contributed by atoms with E-state index in [1.807, 2.05) is 0 Å². The predicted octanol–water partition coefficient (Wildman–Crippen LogP) is 9.06. The summed E-state index contributed by atoms with van der Waals surface area (Å²) < 4.78 is 0. The van der Waals surface area contributed by atoms with Gasteiger partial charge in [0.1, 0.15) is 0 Å². The zero-order chi connectivity index (χ0) is 22.8. The monoisotopic (exact) mass is 440 g/mol. The van der Waals surface area contributed by atoms with Gasteiger partial charge in [-0.1, -0.05) is 142 Å². The smallest absolute Gasteiger partial charge is 0.306 e. The molecule has 2 N–H and O–H groups in total. The Labute approximate surface area is 194 Å². The maximum absolute atomic E-state index is 11.5. The van der Waals surface area contributed by atoms with Gasteiger partial charge in [0.05, 0.1) is 5.92 Å². The number of carbonyl (C=O) groups is 1. The largest absolute Gasteiger partial charge is 0.481 e. The van der Waals surface area contributed by atoms with Gasteiger partial charge in [0.2, 0.25) is 0 Å². The zero-order valence-electron chi connectivity index (χ0n) is 21.1. The molecule has 31 heavy (non-hydrogen) atoms. The number of rotatable bonds is 26. The molecule has 186 valence electrons. The lowest BCUT2D eigenvalue weighted by atomic mass is 9.94. The molecule has 0 saturated heterocycles. The molecule has 0 aliphatic heterocycles. The van der Waals surface area contributed by atoms with Gasteiger partial charge in [-0.3, -0.25) is 4.79 Å². The highest BCUT2D eigenvalue weighted by Crippen LogP contribution is 2.20. The van der Waals surface area contributed by atoms with E-state index in [0.29, 0.717) is 6.61 Å². The molecule has 0 heterocycles. The van der Waals surface area contributed by atoms with Crippen molar-refractivity contribution in [2.24, 2.45) is 5.92 Å². The first kappa shape index (κ1) is 30.4. The first-order chi connectivity index (χ1) is 15.2. The maximum Gasteiger partial charge on any atom is 0.306 e. The highest BCUT2D eigenvalue weighted by Gasteiger charge is 2.16. The maximum atomic E-state index is 11.5. The summed E-state index contributed by atoms with van der Waals surface area (Å²) in [6, 6.07) is 0. The molecule has 0 spiro atoms. The Morgan fingerprint density at radius 1 is 0.516 bits per heavy atom. The van der Waals surface area contributed by atoms with Crippen molar-refractivity contribution in [2.75, 3.05) is 6.61 Å². The van der Waals surface area contributed by atoms with Crippen LogP contribution in [0.3, 0.4) is 0 Å². The highest BCUT2D eigenvalue weighted by atomic mass is 16.4. The summed E-state index contributed by atoms with van der Waals surface area (Å²) >= 11 is 0. The van der Waals surface area contributed by atoms with Gasteiger partial charge in [0.25, 0.3) is 0 Å². The van der Waals surface area contributed by atoms with Crippen LogP contribution in [0.1, 0.15) is 161 Å². The van der Waals surface area contributed by atoms with Crippen molar-refractivity contribution >= 4 is 5.97 Å². The average molecular weight is 441 g/mol. The summed E-state index contributed by atoms with van der Waals surface area (Å²) in [5.41, 5.74) is 0. The molecule has 0 aliphatic rings. The highest BCUT2D eigenvalue weighted by molar-refractivity contribution is 5.69. The number of carboxylic acids is 1. The van der Waals surface area contributed by atoms with Gasteiger partial charge in [-0.15, -0.1) is 0 Å². The third-order valence-electron chi connectivity index (χ3n) is 6.72. The van der Waals surface area contributed by atoms with Gasteiger partial charge in [-0.05, 0) is 19.3 Å². The Balaban J connectivity index is 3.38. The summed E-state index contributed by atoms with van der Waals surface area (Å²) in [4.78, 5) is 11.5. The number of aliphatic carboxylic acids is 1. The van der Waals surface area contributed by atoms with Crippen molar-refractivity contribution in [3.63, 3.8) is 0 Å². The number of unbranched alkanes of at least 4 members (excludes halogenated alkanes) is 20. The van der Waals surface area contributed by atoms with Crippen molar-refractivity contribution in [3.05, 3.63) is 0 Å².